The maximum Gasteiger partial charge on any atom is 0.270 e. The molecular weight excluding hydrogens is 386 g/mol. The highest BCUT2D eigenvalue weighted by Gasteiger charge is 2.25. The van der Waals surface area contributed by atoms with Crippen LogP contribution < -0.4 is 10.6 Å². The highest BCUT2D eigenvalue weighted by Crippen LogP contribution is 2.35. The second kappa shape index (κ2) is 11.0. The predicted octanol–water partition coefficient (Wildman–Crippen LogP) is 4.65. The number of nitrogens with one attached hydrogen (secondary N) is 2. The van der Waals surface area contributed by atoms with Gasteiger partial charge in [0.2, 0.25) is 5.91 Å². The van der Waals surface area contributed by atoms with Crippen LogP contribution in [-0.2, 0) is 21.9 Å². The molecule has 1 aromatic rings. The van der Waals surface area contributed by atoms with E-state index in [0.29, 0.717) is 18.4 Å². The Morgan fingerprint density at radius 3 is 2.30 bits per heavy atom. The van der Waals surface area contributed by atoms with Gasteiger partial charge in [-0.05, 0) is 55.7 Å². The van der Waals surface area contributed by atoms with Gasteiger partial charge >= 0.3 is 0 Å². The first-order chi connectivity index (χ1) is 14.2. The molecule has 1 aromatic carbocycles. The van der Waals surface area contributed by atoms with Crippen molar-refractivity contribution in [2.75, 3.05) is 7.05 Å². The van der Waals surface area contributed by atoms with Crippen molar-refractivity contribution in [1.82, 2.24) is 10.6 Å². The molecule has 1 saturated carbocycles. The van der Waals surface area contributed by atoms with Gasteiger partial charge in [0.25, 0.3) is 5.92 Å². The van der Waals surface area contributed by atoms with Crippen LogP contribution >= 0.6 is 0 Å². The van der Waals surface area contributed by atoms with Gasteiger partial charge in [-0.15, -0.1) is 0 Å². The Labute approximate surface area is 177 Å². The van der Waals surface area contributed by atoms with Gasteiger partial charge in [-0.25, -0.2) is 8.78 Å². The van der Waals surface area contributed by atoms with Crippen molar-refractivity contribution in [3.05, 3.63) is 58.8 Å². The molecule has 1 aliphatic heterocycles. The SMILES string of the molecule is CC1CCCC(=O)N1.CN/C(=C\C=C(/C=O)C1CC1)Cc1ccc(C(C)(F)F)cc1. The van der Waals surface area contributed by atoms with E-state index in [4.69, 9.17) is 0 Å². The molecule has 1 unspecified atom stereocenters. The average Bonchev–Trinajstić information content (AvgIpc) is 3.53. The summed E-state index contributed by atoms with van der Waals surface area (Å²) in [6.07, 6.45) is 10.4. The van der Waals surface area contributed by atoms with E-state index in [1.54, 1.807) is 12.1 Å². The molecule has 1 atom stereocenters. The molecule has 1 saturated heterocycles. The fourth-order valence-corrected chi connectivity index (χ4v) is 3.24. The fraction of sp³-hybridized carbons (Fsp3) is 0.500. The summed E-state index contributed by atoms with van der Waals surface area (Å²) in [5.41, 5.74) is 2.73. The number of likely N-dealkylation sites (N-methyl/N-ethyl adjacent to an activating group) is 1. The molecule has 3 rings (SSSR count). The van der Waals surface area contributed by atoms with Crippen LogP contribution in [0.5, 0.6) is 0 Å². The Kier molecular flexibility index (Phi) is 8.75. The molecular formula is C24H32F2N2O2. The number of rotatable bonds is 7. The lowest BCUT2D eigenvalue weighted by Gasteiger charge is -2.18. The van der Waals surface area contributed by atoms with Crippen LogP contribution in [0.25, 0.3) is 0 Å². The molecule has 1 heterocycles. The summed E-state index contributed by atoms with van der Waals surface area (Å²) in [5.74, 6) is -2.19. The Morgan fingerprint density at radius 1 is 1.20 bits per heavy atom. The number of hydrogen-bond donors (Lipinski definition) is 2. The average molecular weight is 419 g/mol. The quantitative estimate of drug-likeness (QED) is 0.385. The lowest BCUT2D eigenvalue weighted by Crippen LogP contribution is -2.36. The zero-order valence-electron chi connectivity index (χ0n) is 18.0. The maximum absolute atomic E-state index is 13.2. The van der Waals surface area contributed by atoms with Crippen LogP contribution in [0.15, 0.2) is 47.7 Å². The molecule has 2 aliphatic rings. The first-order valence-electron chi connectivity index (χ1n) is 10.5. The number of halogens is 2. The minimum Gasteiger partial charge on any atom is -0.391 e. The fourth-order valence-electron chi connectivity index (χ4n) is 3.24. The number of piperidine rings is 1. The predicted molar refractivity (Wildman–Crippen MR) is 115 cm³/mol. The van der Waals surface area contributed by atoms with Gasteiger partial charge in [0, 0.05) is 44.1 Å². The first-order valence-corrected chi connectivity index (χ1v) is 10.5. The van der Waals surface area contributed by atoms with Crippen molar-refractivity contribution in [2.24, 2.45) is 5.92 Å². The van der Waals surface area contributed by atoms with E-state index in [1.807, 2.05) is 26.1 Å². The molecule has 0 spiro atoms. The van der Waals surface area contributed by atoms with E-state index in [1.165, 1.54) is 12.1 Å². The highest BCUT2D eigenvalue weighted by atomic mass is 19.3. The van der Waals surface area contributed by atoms with Crippen molar-refractivity contribution in [2.45, 2.75) is 64.3 Å². The van der Waals surface area contributed by atoms with Crippen LogP contribution in [0.1, 0.15) is 57.1 Å². The zero-order valence-corrected chi connectivity index (χ0v) is 18.0. The van der Waals surface area contributed by atoms with E-state index in [-0.39, 0.29) is 11.5 Å². The summed E-state index contributed by atoms with van der Waals surface area (Å²) in [7, 11) is 1.81. The van der Waals surface area contributed by atoms with Crippen LogP contribution in [0.2, 0.25) is 0 Å². The van der Waals surface area contributed by atoms with Crippen molar-refractivity contribution in [3.63, 3.8) is 0 Å². The highest BCUT2D eigenvalue weighted by molar-refractivity contribution is 5.76. The van der Waals surface area contributed by atoms with E-state index in [2.05, 4.69) is 10.6 Å². The Bertz CT molecular complexity index is 775. The second-order valence-corrected chi connectivity index (χ2v) is 8.12. The smallest absolute Gasteiger partial charge is 0.270 e. The normalized spacial score (nSPS) is 20.0. The van der Waals surface area contributed by atoms with Gasteiger partial charge in [-0.1, -0.05) is 30.3 Å². The minimum atomic E-state index is -2.81. The third-order valence-corrected chi connectivity index (χ3v) is 5.29. The molecule has 30 heavy (non-hydrogen) atoms. The summed E-state index contributed by atoms with van der Waals surface area (Å²) < 4.78 is 26.4. The Balaban J connectivity index is 0.000000335. The number of carbonyl (C=O) groups excluding carboxylic acids is 2. The molecule has 2 fully saturated rings. The summed E-state index contributed by atoms with van der Waals surface area (Å²) in [6.45, 7) is 2.93. The molecule has 4 nitrogen and oxygen atoms in total. The van der Waals surface area contributed by atoms with E-state index in [0.717, 1.165) is 62.1 Å². The van der Waals surface area contributed by atoms with Crippen LogP contribution in [-0.4, -0.2) is 25.3 Å². The summed E-state index contributed by atoms with van der Waals surface area (Å²) in [6, 6.07) is 6.75. The topological polar surface area (TPSA) is 58.2 Å². The zero-order chi connectivity index (χ0) is 22.1. The van der Waals surface area contributed by atoms with E-state index < -0.39 is 5.92 Å². The molecule has 1 amide bonds. The second-order valence-electron chi connectivity index (χ2n) is 8.12. The van der Waals surface area contributed by atoms with E-state index in [9.17, 15) is 18.4 Å². The standard InChI is InChI=1S/C18H21F2NO.C6H11NO/c1-18(19,20)16-8-3-13(4-9-16)11-17(21-2)10-7-15(12-22)14-5-6-14;1-5-3-2-4-6(8)7-5/h3-4,7-10,12,14,21H,5-6,11H2,1-2H3;5H,2-4H2,1H3,(H,7,8)/b15-7+,17-10-;. The van der Waals surface area contributed by atoms with Gasteiger partial charge in [-0.2, -0.15) is 0 Å². The number of hydrogen-bond acceptors (Lipinski definition) is 3. The Hall–Kier alpha value is -2.50. The number of benzene rings is 1. The number of amides is 1. The first kappa shape index (κ1) is 23.8. The molecule has 6 heteroatoms. The largest absolute Gasteiger partial charge is 0.391 e. The molecule has 0 bridgehead atoms. The van der Waals surface area contributed by atoms with Crippen molar-refractivity contribution >= 4 is 12.2 Å². The lowest BCUT2D eigenvalue weighted by molar-refractivity contribution is -0.123. The molecule has 164 valence electrons. The summed E-state index contributed by atoms with van der Waals surface area (Å²) in [4.78, 5) is 21.6. The summed E-state index contributed by atoms with van der Waals surface area (Å²) in [5, 5.41) is 5.93. The molecule has 0 aromatic heterocycles. The Morgan fingerprint density at radius 2 is 1.87 bits per heavy atom. The van der Waals surface area contributed by atoms with E-state index >= 15 is 0 Å². The third kappa shape index (κ3) is 8.09. The molecule has 2 N–H and O–H groups in total. The molecule has 0 radical (unpaired) electrons. The molecule has 1 aliphatic carbocycles. The van der Waals surface area contributed by atoms with Gasteiger partial charge in [0.1, 0.15) is 6.29 Å². The minimum absolute atomic E-state index is 0.0168. The van der Waals surface area contributed by atoms with Crippen molar-refractivity contribution in [3.8, 4) is 0 Å². The maximum atomic E-state index is 13.2. The lowest BCUT2D eigenvalue weighted by atomic mass is 10.0. The van der Waals surface area contributed by atoms with Crippen LogP contribution in [0, 0.1) is 5.92 Å². The van der Waals surface area contributed by atoms with Crippen LogP contribution in [0.3, 0.4) is 0 Å². The number of aldehydes is 1. The van der Waals surface area contributed by atoms with Gasteiger partial charge in [0.05, 0.1) is 0 Å². The monoisotopic (exact) mass is 418 g/mol. The summed E-state index contributed by atoms with van der Waals surface area (Å²) >= 11 is 0. The van der Waals surface area contributed by atoms with Gasteiger partial charge < -0.3 is 10.6 Å². The van der Waals surface area contributed by atoms with Crippen molar-refractivity contribution < 1.29 is 18.4 Å². The van der Waals surface area contributed by atoms with Crippen LogP contribution in [0.4, 0.5) is 8.78 Å². The van der Waals surface area contributed by atoms with Gasteiger partial charge in [-0.3, -0.25) is 9.59 Å². The number of carbonyl (C=O) groups is 2. The number of alkyl halides is 2. The third-order valence-electron chi connectivity index (χ3n) is 5.29. The van der Waals surface area contributed by atoms with Gasteiger partial charge in [0.15, 0.2) is 0 Å². The van der Waals surface area contributed by atoms with Crippen molar-refractivity contribution in [1.29, 1.82) is 0 Å². The number of allylic oxidation sites excluding steroid dienone is 4.